The van der Waals surface area contributed by atoms with Crippen LogP contribution in [0.5, 0.6) is 0 Å². The first kappa shape index (κ1) is 11.7. The third-order valence-electron chi connectivity index (χ3n) is 2.65. The largest absolute Gasteiger partial charge is 0.392 e. The average molecular weight is 232 g/mol. The molecule has 2 rings (SSSR count). The summed E-state index contributed by atoms with van der Waals surface area (Å²) in [5.41, 5.74) is 1.56. The van der Waals surface area contributed by atoms with Gasteiger partial charge in [-0.25, -0.2) is 15.0 Å². The summed E-state index contributed by atoms with van der Waals surface area (Å²) < 4.78 is 1.89. The van der Waals surface area contributed by atoms with Gasteiger partial charge in [0, 0.05) is 36.3 Å². The molecule has 0 saturated heterocycles. The van der Waals surface area contributed by atoms with Gasteiger partial charge in [0.2, 0.25) is 5.95 Å². The number of nitrogens with zero attached hydrogens (tertiary/aromatic N) is 4. The van der Waals surface area contributed by atoms with E-state index in [1.807, 2.05) is 17.7 Å². The Morgan fingerprint density at radius 3 is 2.82 bits per heavy atom. The van der Waals surface area contributed by atoms with Crippen LogP contribution in [-0.2, 0) is 13.0 Å². The van der Waals surface area contributed by atoms with Crippen molar-refractivity contribution in [3.05, 3.63) is 35.7 Å². The number of aromatic nitrogens is 4. The summed E-state index contributed by atoms with van der Waals surface area (Å²) in [6.45, 7) is 3.95. The molecule has 2 aromatic heterocycles. The summed E-state index contributed by atoms with van der Waals surface area (Å²) in [5, 5.41) is 9.08. The molecule has 0 saturated carbocycles. The molecule has 0 aromatic carbocycles. The highest BCUT2D eigenvalue weighted by atomic mass is 16.3. The van der Waals surface area contributed by atoms with E-state index in [0.717, 1.165) is 29.9 Å². The normalized spacial score (nSPS) is 10.8. The number of hydrogen-bond acceptors (Lipinski definition) is 4. The first-order valence-corrected chi connectivity index (χ1v) is 5.72. The average Bonchev–Trinajstić information content (AvgIpc) is 2.78. The molecule has 0 aliphatic carbocycles. The lowest BCUT2D eigenvalue weighted by Gasteiger charge is -2.07. The molecule has 0 amide bonds. The lowest BCUT2D eigenvalue weighted by molar-refractivity contribution is 0.280. The molecule has 17 heavy (non-hydrogen) atoms. The second kappa shape index (κ2) is 5.05. The molecule has 0 fully saturated rings. The third-order valence-corrected chi connectivity index (χ3v) is 2.65. The maximum absolute atomic E-state index is 9.08. The minimum atomic E-state index is -0.0299. The van der Waals surface area contributed by atoms with Gasteiger partial charge in [-0.2, -0.15) is 0 Å². The van der Waals surface area contributed by atoms with Crippen molar-refractivity contribution in [2.24, 2.45) is 0 Å². The molecular formula is C12H16N4O. The summed E-state index contributed by atoms with van der Waals surface area (Å²) in [6.07, 6.45) is 7.21. The molecule has 0 unspecified atom stereocenters. The van der Waals surface area contributed by atoms with E-state index in [0.29, 0.717) is 5.95 Å². The molecule has 0 atom stereocenters. The molecule has 5 nitrogen and oxygen atoms in total. The molecule has 2 heterocycles. The number of hydrogen-bond donors (Lipinski definition) is 1. The Morgan fingerprint density at radius 2 is 2.18 bits per heavy atom. The Balaban J connectivity index is 2.39. The van der Waals surface area contributed by atoms with Crippen molar-refractivity contribution in [2.75, 3.05) is 0 Å². The second-order valence-electron chi connectivity index (χ2n) is 3.90. The van der Waals surface area contributed by atoms with Crippen molar-refractivity contribution < 1.29 is 5.11 Å². The van der Waals surface area contributed by atoms with Crippen LogP contribution < -0.4 is 0 Å². The topological polar surface area (TPSA) is 63.8 Å². The fraction of sp³-hybridized carbons (Fsp3) is 0.417. The first-order valence-electron chi connectivity index (χ1n) is 5.72. The Hall–Kier alpha value is -1.75. The van der Waals surface area contributed by atoms with Crippen LogP contribution in [0.15, 0.2) is 18.6 Å². The van der Waals surface area contributed by atoms with E-state index in [9.17, 15) is 0 Å². The van der Waals surface area contributed by atoms with Crippen LogP contribution in [-0.4, -0.2) is 24.6 Å². The molecule has 5 heteroatoms. The van der Waals surface area contributed by atoms with Crippen molar-refractivity contribution >= 4 is 0 Å². The van der Waals surface area contributed by atoms with Gasteiger partial charge < -0.3 is 5.11 Å². The van der Waals surface area contributed by atoms with Crippen LogP contribution in [0.1, 0.15) is 30.4 Å². The lowest BCUT2D eigenvalue weighted by Crippen LogP contribution is -2.07. The molecular weight excluding hydrogens is 216 g/mol. The maximum Gasteiger partial charge on any atom is 0.235 e. The maximum atomic E-state index is 9.08. The molecule has 0 radical (unpaired) electrons. The van der Waals surface area contributed by atoms with Gasteiger partial charge in [-0.1, -0.05) is 6.92 Å². The molecule has 1 N–H and O–H groups in total. The van der Waals surface area contributed by atoms with Crippen molar-refractivity contribution in [3.63, 3.8) is 0 Å². The van der Waals surface area contributed by atoms with Crippen LogP contribution >= 0.6 is 0 Å². The predicted molar refractivity (Wildman–Crippen MR) is 63.8 cm³/mol. The monoisotopic (exact) mass is 232 g/mol. The van der Waals surface area contributed by atoms with E-state index in [2.05, 4.69) is 21.9 Å². The van der Waals surface area contributed by atoms with E-state index in [-0.39, 0.29) is 6.61 Å². The summed E-state index contributed by atoms with van der Waals surface area (Å²) in [6, 6.07) is 0. The van der Waals surface area contributed by atoms with Crippen molar-refractivity contribution in [2.45, 2.75) is 33.3 Å². The fourth-order valence-corrected chi connectivity index (χ4v) is 1.68. The van der Waals surface area contributed by atoms with Gasteiger partial charge in [-0.05, 0) is 13.3 Å². The number of rotatable bonds is 4. The van der Waals surface area contributed by atoms with E-state index in [1.54, 1.807) is 12.4 Å². The number of imidazole rings is 1. The zero-order valence-corrected chi connectivity index (χ0v) is 10.1. The quantitative estimate of drug-likeness (QED) is 0.865. The van der Waals surface area contributed by atoms with E-state index in [4.69, 9.17) is 5.11 Å². The van der Waals surface area contributed by atoms with Crippen molar-refractivity contribution in [3.8, 4) is 5.95 Å². The van der Waals surface area contributed by atoms with Gasteiger partial charge in [-0.3, -0.25) is 4.57 Å². The molecule has 0 aliphatic rings. The SMILES string of the molecule is CCCc1nccn1-c1ncc(CO)c(C)n1. The van der Waals surface area contributed by atoms with Crippen LogP contribution in [0, 0.1) is 6.92 Å². The third kappa shape index (κ3) is 2.34. The number of aliphatic hydroxyl groups excluding tert-OH is 1. The zero-order chi connectivity index (χ0) is 12.3. The van der Waals surface area contributed by atoms with Gasteiger partial charge in [-0.15, -0.1) is 0 Å². The summed E-state index contributed by atoms with van der Waals surface area (Å²) in [5.74, 6) is 1.57. The first-order chi connectivity index (χ1) is 8.26. The summed E-state index contributed by atoms with van der Waals surface area (Å²) in [7, 11) is 0. The van der Waals surface area contributed by atoms with E-state index < -0.39 is 0 Å². The highest BCUT2D eigenvalue weighted by molar-refractivity contribution is 5.22. The van der Waals surface area contributed by atoms with Crippen molar-refractivity contribution in [1.29, 1.82) is 0 Å². The summed E-state index contributed by atoms with van der Waals surface area (Å²) >= 11 is 0. The smallest absolute Gasteiger partial charge is 0.235 e. The van der Waals surface area contributed by atoms with E-state index in [1.165, 1.54) is 0 Å². The van der Waals surface area contributed by atoms with Crippen LogP contribution in [0.25, 0.3) is 5.95 Å². The minimum absolute atomic E-state index is 0.0299. The highest BCUT2D eigenvalue weighted by Gasteiger charge is 2.08. The fourth-order valence-electron chi connectivity index (χ4n) is 1.68. The molecule has 0 spiro atoms. The Bertz CT molecular complexity index is 507. The highest BCUT2D eigenvalue weighted by Crippen LogP contribution is 2.10. The standard InChI is InChI=1S/C12H16N4O/c1-3-4-11-13-5-6-16(11)12-14-7-10(8-17)9(2)15-12/h5-7,17H,3-4,8H2,1-2H3. The van der Waals surface area contributed by atoms with Crippen LogP contribution in [0.4, 0.5) is 0 Å². The number of aryl methyl sites for hydroxylation is 2. The lowest BCUT2D eigenvalue weighted by atomic mass is 10.2. The van der Waals surface area contributed by atoms with Crippen molar-refractivity contribution in [1.82, 2.24) is 19.5 Å². The van der Waals surface area contributed by atoms with Crippen LogP contribution in [0.2, 0.25) is 0 Å². The minimum Gasteiger partial charge on any atom is -0.392 e. The molecule has 0 aliphatic heterocycles. The van der Waals surface area contributed by atoms with E-state index >= 15 is 0 Å². The Labute approximate surface area is 100 Å². The molecule has 0 bridgehead atoms. The van der Waals surface area contributed by atoms with Gasteiger partial charge in [0.1, 0.15) is 5.82 Å². The second-order valence-corrected chi connectivity index (χ2v) is 3.90. The van der Waals surface area contributed by atoms with Gasteiger partial charge >= 0.3 is 0 Å². The zero-order valence-electron chi connectivity index (χ0n) is 10.1. The van der Waals surface area contributed by atoms with Gasteiger partial charge in [0.25, 0.3) is 0 Å². The van der Waals surface area contributed by atoms with Gasteiger partial charge in [0.05, 0.1) is 6.61 Å². The van der Waals surface area contributed by atoms with Gasteiger partial charge in [0.15, 0.2) is 0 Å². The molecule has 2 aromatic rings. The summed E-state index contributed by atoms with van der Waals surface area (Å²) in [4.78, 5) is 12.9. The Kier molecular flexibility index (Phi) is 3.49. The predicted octanol–water partition coefficient (Wildman–Crippen LogP) is 1.42. The molecule has 90 valence electrons. The van der Waals surface area contributed by atoms with Crippen LogP contribution in [0.3, 0.4) is 0 Å². The Morgan fingerprint density at radius 1 is 1.35 bits per heavy atom. The number of aliphatic hydroxyl groups is 1.